The predicted molar refractivity (Wildman–Crippen MR) is 88.9 cm³/mol. The van der Waals surface area contributed by atoms with Crippen molar-refractivity contribution < 1.29 is 9.47 Å². The maximum atomic E-state index is 5.92. The van der Waals surface area contributed by atoms with E-state index in [1.165, 1.54) is 11.1 Å². The maximum Gasteiger partial charge on any atom is 0.209 e. The first kappa shape index (κ1) is 16.3. The zero-order valence-electron chi connectivity index (χ0n) is 13.6. The van der Waals surface area contributed by atoms with Crippen molar-refractivity contribution in [1.29, 1.82) is 0 Å². The summed E-state index contributed by atoms with van der Waals surface area (Å²) in [7, 11) is 0. The van der Waals surface area contributed by atoms with Gasteiger partial charge in [-0.1, -0.05) is 30.0 Å². The quantitative estimate of drug-likeness (QED) is 0.573. The number of nitrogens with zero attached hydrogens (tertiary/aromatic N) is 4. The molecule has 124 valence electrons. The topological polar surface area (TPSA) is 62.1 Å². The smallest absolute Gasteiger partial charge is 0.209 e. The van der Waals surface area contributed by atoms with E-state index in [0.717, 1.165) is 42.7 Å². The number of hydrogen-bond acceptors (Lipinski definition) is 6. The standard InChI is InChI=1S/C16H22N4O2S/c1-12-5-3-6-13(2)15(12)22-9-10-23-16-17-18-19-20(16)11-14-7-4-8-21-14/h3,5-6,14H,4,7-11H2,1-2H3. The average molecular weight is 334 g/mol. The minimum Gasteiger partial charge on any atom is -0.492 e. The van der Waals surface area contributed by atoms with Crippen LogP contribution in [0.4, 0.5) is 0 Å². The second-order valence-corrected chi connectivity index (χ2v) is 6.76. The summed E-state index contributed by atoms with van der Waals surface area (Å²) < 4.78 is 13.4. The Kier molecular flexibility index (Phi) is 5.51. The lowest BCUT2D eigenvalue weighted by molar-refractivity contribution is 0.0912. The number of aryl methyl sites for hydroxylation is 2. The lowest BCUT2D eigenvalue weighted by Crippen LogP contribution is -2.17. The number of hydrogen-bond donors (Lipinski definition) is 0. The predicted octanol–water partition coefficient (Wildman–Crippen LogP) is 2.64. The molecular weight excluding hydrogens is 312 g/mol. The Morgan fingerprint density at radius 2 is 2.17 bits per heavy atom. The molecule has 1 atom stereocenters. The van der Waals surface area contributed by atoms with Crippen LogP contribution in [-0.4, -0.2) is 45.3 Å². The second kappa shape index (κ2) is 7.79. The van der Waals surface area contributed by atoms with Crippen molar-refractivity contribution in [2.24, 2.45) is 0 Å². The van der Waals surface area contributed by atoms with E-state index in [9.17, 15) is 0 Å². The van der Waals surface area contributed by atoms with Gasteiger partial charge in [0.2, 0.25) is 5.16 Å². The number of aromatic nitrogens is 4. The van der Waals surface area contributed by atoms with E-state index >= 15 is 0 Å². The molecule has 0 aliphatic carbocycles. The second-order valence-electron chi connectivity index (χ2n) is 5.70. The summed E-state index contributed by atoms with van der Waals surface area (Å²) in [6.45, 7) is 6.34. The van der Waals surface area contributed by atoms with Crippen molar-refractivity contribution in [2.75, 3.05) is 19.0 Å². The van der Waals surface area contributed by atoms with Gasteiger partial charge in [-0.25, -0.2) is 4.68 Å². The molecule has 6 nitrogen and oxygen atoms in total. The van der Waals surface area contributed by atoms with Crippen molar-refractivity contribution in [3.8, 4) is 5.75 Å². The Balaban J connectivity index is 1.48. The highest BCUT2D eigenvalue weighted by molar-refractivity contribution is 7.99. The first-order chi connectivity index (χ1) is 11.2. The van der Waals surface area contributed by atoms with Gasteiger partial charge in [-0.2, -0.15) is 0 Å². The summed E-state index contributed by atoms with van der Waals surface area (Å²) in [5, 5.41) is 12.8. The van der Waals surface area contributed by atoms with Gasteiger partial charge >= 0.3 is 0 Å². The molecule has 1 saturated heterocycles. The maximum absolute atomic E-state index is 5.92. The third kappa shape index (κ3) is 4.23. The molecule has 2 heterocycles. The van der Waals surface area contributed by atoms with Gasteiger partial charge in [0.15, 0.2) is 0 Å². The molecule has 0 saturated carbocycles. The molecule has 1 aromatic carbocycles. The third-order valence-electron chi connectivity index (χ3n) is 3.87. The van der Waals surface area contributed by atoms with Crippen molar-refractivity contribution >= 4 is 11.8 Å². The molecule has 1 unspecified atom stereocenters. The summed E-state index contributed by atoms with van der Waals surface area (Å²) in [5.41, 5.74) is 2.33. The van der Waals surface area contributed by atoms with Crippen LogP contribution in [0.25, 0.3) is 0 Å². The van der Waals surface area contributed by atoms with Crippen LogP contribution in [0, 0.1) is 13.8 Å². The molecular formula is C16H22N4O2S. The Morgan fingerprint density at radius 1 is 1.35 bits per heavy atom. The highest BCUT2D eigenvalue weighted by atomic mass is 32.2. The molecule has 1 aliphatic heterocycles. The fraction of sp³-hybridized carbons (Fsp3) is 0.562. The van der Waals surface area contributed by atoms with Gasteiger partial charge in [-0.15, -0.1) is 5.10 Å². The number of rotatable bonds is 7. The zero-order chi connectivity index (χ0) is 16.1. The normalized spacial score (nSPS) is 17.6. The van der Waals surface area contributed by atoms with E-state index in [0.29, 0.717) is 6.61 Å². The molecule has 23 heavy (non-hydrogen) atoms. The van der Waals surface area contributed by atoms with E-state index < -0.39 is 0 Å². The Morgan fingerprint density at radius 3 is 2.91 bits per heavy atom. The number of thioether (sulfide) groups is 1. The van der Waals surface area contributed by atoms with Crippen molar-refractivity contribution in [3.05, 3.63) is 29.3 Å². The fourth-order valence-corrected chi connectivity index (χ4v) is 3.40. The summed E-state index contributed by atoms with van der Waals surface area (Å²) in [4.78, 5) is 0. The van der Waals surface area contributed by atoms with Crippen LogP contribution in [0.1, 0.15) is 24.0 Å². The lowest BCUT2D eigenvalue weighted by Gasteiger charge is -2.12. The molecule has 7 heteroatoms. The molecule has 3 rings (SSSR count). The van der Waals surface area contributed by atoms with Crippen molar-refractivity contribution in [3.63, 3.8) is 0 Å². The van der Waals surface area contributed by atoms with E-state index in [-0.39, 0.29) is 6.10 Å². The minimum absolute atomic E-state index is 0.240. The fourth-order valence-electron chi connectivity index (χ4n) is 2.70. The largest absolute Gasteiger partial charge is 0.492 e. The SMILES string of the molecule is Cc1cccc(C)c1OCCSc1nnnn1CC1CCCO1. The average Bonchev–Trinajstić information content (AvgIpc) is 3.19. The Labute approximate surface area is 140 Å². The van der Waals surface area contributed by atoms with Gasteiger partial charge in [0, 0.05) is 12.4 Å². The van der Waals surface area contributed by atoms with E-state index in [2.05, 4.69) is 41.5 Å². The van der Waals surface area contributed by atoms with Gasteiger partial charge in [-0.3, -0.25) is 0 Å². The molecule has 1 aliphatic rings. The monoisotopic (exact) mass is 334 g/mol. The van der Waals surface area contributed by atoms with E-state index in [4.69, 9.17) is 9.47 Å². The summed E-state index contributed by atoms with van der Waals surface area (Å²) in [6.07, 6.45) is 2.45. The minimum atomic E-state index is 0.240. The highest BCUT2D eigenvalue weighted by Gasteiger charge is 2.18. The molecule has 2 aromatic rings. The van der Waals surface area contributed by atoms with Crippen LogP contribution < -0.4 is 4.74 Å². The number of tetrazole rings is 1. The van der Waals surface area contributed by atoms with Gasteiger partial charge in [-0.05, 0) is 48.2 Å². The lowest BCUT2D eigenvalue weighted by atomic mass is 10.1. The molecule has 0 amide bonds. The van der Waals surface area contributed by atoms with Crippen LogP contribution >= 0.6 is 11.8 Å². The van der Waals surface area contributed by atoms with Crippen LogP contribution in [0.5, 0.6) is 5.75 Å². The summed E-state index contributed by atoms with van der Waals surface area (Å²) in [6, 6.07) is 6.18. The van der Waals surface area contributed by atoms with Crippen LogP contribution in [0.15, 0.2) is 23.4 Å². The van der Waals surface area contributed by atoms with Gasteiger partial charge < -0.3 is 9.47 Å². The van der Waals surface area contributed by atoms with E-state index in [1.54, 1.807) is 11.8 Å². The van der Waals surface area contributed by atoms with Gasteiger partial charge in [0.25, 0.3) is 0 Å². The molecule has 1 fully saturated rings. The van der Waals surface area contributed by atoms with E-state index in [1.807, 2.05) is 10.7 Å². The van der Waals surface area contributed by atoms with Crippen molar-refractivity contribution in [1.82, 2.24) is 20.2 Å². The number of ether oxygens (including phenoxy) is 2. The number of para-hydroxylation sites is 1. The third-order valence-corrected chi connectivity index (χ3v) is 4.79. The molecule has 0 bridgehead atoms. The van der Waals surface area contributed by atoms with Gasteiger partial charge in [0.1, 0.15) is 5.75 Å². The summed E-state index contributed by atoms with van der Waals surface area (Å²) >= 11 is 1.61. The Bertz CT molecular complexity index is 621. The zero-order valence-corrected chi connectivity index (χ0v) is 14.4. The van der Waals surface area contributed by atoms with Crippen LogP contribution in [-0.2, 0) is 11.3 Å². The first-order valence-electron chi connectivity index (χ1n) is 7.93. The Hall–Kier alpha value is -1.60. The number of benzene rings is 1. The first-order valence-corrected chi connectivity index (χ1v) is 8.92. The van der Waals surface area contributed by atoms with Crippen molar-refractivity contribution in [2.45, 2.75) is 44.5 Å². The molecule has 0 radical (unpaired) electrons. The van der Waals surface area contributed by atoms with Gasteiger partial charge in [0.05, 0.1) is 19.3 Å². The summed E-state index contributed by atoms with van der Waals surface area (Å²) in [5.74, 6) is 1.78. The molecule has 0 N–H and O–H groups in total. The highest BCUT2D eigenvalue weighted by Crippen LogP contribution is 2.23. The van der Waals surface area contributed by atoms with Crippen LogP contribution in [0.2, 0.25) is 0 Å². The van der Waals surface area contributed by atoms with Crippen LogP contribution in [0.3, 0.4) is 0 Å². The molecule has 0 spiro atoms. The molecule has 1 aromatic heterocycles.